The Balaban J connectivity index is 1.80. The molecule has 0 fully saturated rings. The van der Waals surface area contributed by atoms with Gasteiger partial charge in [0.1, 0.15) is 5.69 Å². The van der Waals surface area contributed by atoms with Crippen LogP contribution >= 0.6 is 0 Å². The van der Waals surface area contributed by atoms with Crippen LogP contribution in [0.15, 0.2) is 41.1 Å². The number of furan rings is 1. The summed E-state index contributed by atoms with van der Waals surface area (Å²) < 4.78 is 12.7. The zero-order valence-electron chi connectivity index (χ0n) is 11.4. The van der Waals surface area contributed by atoms with E-state index in [0.29, 0.717) is 17.7 Å². The molecule has 104 valence electrons. The minimum Gasteiger partial charge on any atom is -0.463 e. The molecule has 1 unspecified atom stereocenters. The number of hydrogen-bond acceptors (Lipinski definition) is 3. The number of rotatable bonds is 4. The third-order valence-electron chi connectivity index (χ3n) is 3.35. The first-order valence-electron chi connectivity index (χ1n) is 6.59. The van der Waals surface area contributed by atoms with E-state index >= 15 is 0 Å². The average molecular weight is 272 g/mol. The number of nitrogens with one attached hydrogen (secondary N) is 1. The van der Waals surface area contributed by atoms with Gasteiger partial charge in [-0.1, -0.05) is 6.92 Å². The van der Waals surface area contributed by atoms with Crippen LogP contribution in [0.4, 0.5) is 0 Å². The summed E-state index contributed by atoms with van der Waals surface area (Å²) in [5.74, 6) is -0.378. The molecule has 0 spiro atoms. The summed E-state index contributed by atoms with van der Waals surface area (Å²) in [5.41, 5.74) is 2.91. The zero-order valence-corrected chi connectivity index (χ0v) is 11.4. The maximum Gasteiger partial charge on any atom is 0.356 e. The average Bonchev–Trinajstić information content (AvgIpc) is 3.10. The third-order valence-corrected chi connectivity index (χ3v) is 3.35. The molecule has 0 saturated carbocycles. The van der Waals surface area contributed by atoms with E-state index in [1.807, 2.05) is 36.7 Å². The number of aryl methyl sites for hydroxylation is 1. The van der Waals surface area contributed by atoms with E-state index in [4.69, 9.17) is 9.15 Å². The molecule has 0 radical (unpaired) electrons. The molecule has 3 rings (SSSR count). The van der Waals surface area contributed by atoms with Gasteiger partial charge in [-0.25, -0.2) is 4.79 Å². The van der Waals surface area contributed by atoms with Gasteiger partial charge < -0.3 is 18.7 Å². The number of carbonyl (C=O) groups is 1. The highest BCUT2D eigenvalue weighted by Gasteiger charge is 2.18. The van der Waals surface area contributed by atoms with E-state index in [0.717, 1.165) is 11.2 Å². The normalized spacial score (nSPS) is 12.7. The van der Waals surface area contributed by atoms with Gasteiger partial charge in [-0.15, -0.1) is 0 Å². The standard InChI is InChI=1S/C15H16N2O3/c1-3-14(17-7-4-5-10(17)2)20-15(18)12-9-13-11(16-12)6-8-19-13/h4-9,14,16H,3H2,1-2H3. The largest absolute Gasteiger partial charge is 0.463 e. The van der Waals surface area contributed by atoms with Gasteiger partial charge in [0.05, 0.1) is 11.8 Å². The SMILES string of the molecule is CCC(OC(=O)c1cc2occc2[nH]1)n1cccc1C. The number of carbonyl (C=O) groups excluding carboxylic acids is 1. The molecule has 1 N–H and O–H groups in total. The summed E-state index contributed by atoms with van der Waals surface area (Å²) in [4.78, 5) is 15.2. The second-order valence-electron chi connectivity index (χ2n) is 4.71. The highest BCUT2D eigenvalue weighted by Crippen LogP contribution is 2.21. The fourth-order valence-electron chi connectivity index (χ4n) is 2.28. The monoisotopic (exact) mass is 272 g/mol. The minimum atomic E-state index is -0.378. The van der Waals surface area contributed by atoms with Gasteiger partial charge in [0.15, 0.2) is 11.8 Å². The van der Waals surface area contributed by atoms with Crippen molar-refractivity contribution in [1.29, 1.82) is 0 Å². The highest BCUT2D eigenvalue weighted by molar-refractivity contribution is 5.93. The van der Waals surface area contributed by atoms with Crippen LogP contribution in [-0.4, -0.2) is 15.5 Å². The number of fused-ring (bicyclic) bond motifs is 1. The number of aromatic amines is 1. The molecule has 0 amide bonds. The summed E-state index contributed by atoms with van der Waals surface area (Å²) in [7, 11) is 0. The molecular weight excluding hydrogens is 256 g/mol. The Labute approximate surface area is 116 Å². The molecular formula is C15H16N2O3. The third kappa shape index (κ3) is 2.11. The highest BCUT2D eigenvalue weighted by atomic mass is 16.6. The van der Waals surface area contributed by atoms with E-state index < -0.39 is 0 Å². The molecule has 0 bridgehead atoms. The van der Waals surface area contributed by atoms with Gasteiger partial charge in [-0.2, -0.15) is 0 Å². The van der Waals surface area contributed by atoms with Crippen LogP contribution in [0.3, 0.4) is 0 Å². The van der Waals surface area contributed by atoms with Gasteiger partial charge in [-0.3, -0.25) is 0 Å². The number of ether oxygens (including phenoxy) is 1. The Bertz CT molecular complexity index is 707. The number of esters is 1. The Morgan fingerprint density at radius 2 is 2.35 bits per heavy atom. The molecule has 20 heavy (non-hydrogen) atoms. The number of nitrogens with zero attached hydrogens (tertiary/aromatic N) is 1. The molecule has 0 aliphatic heterocycles. The molecule has 3 aromatic heterocycles. The Hall–Kier alpha value is -2.43. The molecule has 0 aromatic carbocycles. The van der Waals surface area contributed by atoms with Crippen LogP contribution in [0.2, 0.25) is 0 Å². The first kappa shape index (κ1) is 12.6. The molecule has 5 nitrogen and oxygen atoms in total. The van der Waals surface area contributed by atoms with Crippen molar-refractivity contribution in [2.75, 3.05) is 0 Å². The molecule has 3 aromatic rings. The molecule has 3 heterocycles. The van der Waals surface area contributed by atoms with Gasteiger partial charge in [0, 0.05) is 30.4 Å². The van der Waals surface area contributed by atoms with Crippen molar-refractivity contribution in [3.63, 3.8) is 0 Å². The van der Waals surface area contributed by atoms with Crippen molar-refractivity contribution >= 4 is 17.1 Å². The van der Waals surface area contributed by atoms with Gasteiger partial charge >= 0.3 is 5.97 Å². The smallest absolute Gasteiger partial charge is 0.356 e. The van der Waals surface area contributed by atoms with Gasteiger partial charge in [-0.05, 0) is 19.1 Å². The van der Waals surface area contributed by atoms with Crippen LogP contribution < -0.4 is 0 Å². The maximum absolute atomic E-state index is 12.2. The Morgan fingerprint density at radius 3 is 3.00 bits per heavy atom. The van der Waals surface area contributed by atoms with E-state index in [-0.39, 0.29) is 12.2 Å². The van der Waals surface area contributed by atoms with Crippen LogP contribution in [0, 0.1) is 6.92 Å². The summed E-state index contributed by atoms with van der Waals surface area (Å²) in [6.07, 6.45) is 3.90. The second kappa shape index (κ2) is 4.92. The first-order valence-corrected chi connectivity index (χ1v) is 6.59. The van der Waals surface area contributed by atoms with Crippen LogP contribution in [0.5, 0.6) is 0 Å². The summed E-state index contributed by atoms with van der Waals surface area (Å²) in [5, 5.41) is 0. The van der Waals surface area contributed by atoms with Crippen molar-refractivity contribution in [2.45, 2.75) is 26.5 Å². The molecule has 0 aliphatic rings. The predicted octanol–water partition coefficient (Wildman–Crippen LogP) is 3.64. The zero-order chi connectivity index (χ0) is 14.1. The lowest BCUT2D eigenvalue weighted by atomic mass is 10.3. The topological polar surface area (TPSA) is 60.2 Å². The van der Waals surface area contributed by atoms with Crippen molar-refractivity contribution in [3.8, 4) is 0 Å². The lowest BCUT2D eigenvalue weighted by Crippen LogP contribution is -2.17. The Kier molecular flexibility index (Phi) is 3.10. The summed E-state index contributed by atoms with van der Waals surface area (Å²) >= 11 is 0. The van der Waals surface area contributed by atoms with E-state index in [9.17, 15) is 4.79 Å². The number of aromatic nitrogens is 2. The molecule has 0 saturated heterocycles. The molecule has 1 atom stereocenters. The van der Waals surface area contributed by atoms with Crippen molar-refractivity contribution in [3.05, 3.63) is 48.1 Å². The van der Waals surface area contributed by atoms with Crippen molar-refractivity contribution in [2.24, 2.45) is 0 Å². The molecule has 5 heteroatoms. The summed E-state index contributed by atoms with van der Waals surface area (Å²) in [6, 6.07) is 7.36. The first-order chi connectivity index (χ1) is 9.69. The molecule has 0 aliphatic carbocycles. The number of hydrogen-bond donors (Lipinski definition) is 1. The van der Waals surface area contributed by atoms with Gasteiger partial charge in [0.2, 0.25) is 0 Å². The fraction of sp³-hybridized carbons (Fsp3) is 0.267. The van der Waals surface area contributed by atoms with Crippen molar-refractivity contribution in [1.82, 2.24) is 9.55 Å². The minimum absolute atomic E-state index is 0.299. The fourth-order valence-corrected chi connectivity index (χ4v) is 2.28. The lowest BCUT2D eigenvalue weighted by Gasteiger charge is -2.19. The van der Waals surface area contributed by atoms with E-state index in [2.05, 4.69) is 4.98 Å². The van der Waals surface area contributed by atoms with Gasteiger partial charge in [0.25, 0.3) is 0 Å². The van der Waals surface area contributed by atoms with E-state index in [1.54, 1.807) is 18.4 Å². The lowest BCUT2D eigenvalue weighted by molar-refractivity contribution is 0.00682. The quantitative estimate of drug-likeness (QED) is 0.738. The van der Waals surface area contributed by atoms with Crippen LogP contribution in [0.25, 0.3) is 11.1 Å². The number of H-pyrrole nitrogens is 1. The summed E-state index contributed by atoms with van der Waals surface area (Å²) in [6.45, 7) is 3.97. The Morgan fingerprint density at radius 1 is 1.50 bits per heavy atom. The predicted molar refractivity (Wildman–Crippen MR) is 74.5 cm³/mol. The maximum atomic E-state index is 12.2. The van der Waals surface area contributed by atoms with Crippen LogP contribution in [-0.2, 0) is 4.74 Å². The second-order valence-corrected chi connectivity index (χ2v) is 4.71. The van der Waals surface area contributed by atoms with Crippen molar-refractivity contribution < 1.29 is 13.9 Å². The van der Waals surface area contributed by atoms with Crippen LogP contribution in [0.1, 0.15) is 35.8 Å². The van der Waals surface area contributed by atoms with E-state index in [1.165, 1.54) is 0 Å².